The summed E-state index contributed by atoms with van der Waals surface area (Å²) in [5.74, 6) is -0.863. The van der Waals surface area contributed by atoms with E-state index in [4.69, 9.17) is 18.5 Å². The molecule has 0 bridgehead atoms. The Balaban J connectivity index is 1.61. The number of hydrogen-bond donors (Lipinski definition) is 1. The van der Waals surface area contributed by atoms with Crippen molar-refractivity contribution in [3.63, 3.8) is 0 Å². The van der Waals surface area contributed by atoms with Crippen molar-refractivity contribution < 1.29 is 42.1 Å². The molecule has 0 saturated heterocycles. The Kier molecular flexibility index (Phi) is 27.3. The van der Waals surface area contributed by atoms with Gasteiger partial charge in [-0.2, -0.15) is 20.5 Å². The molecule has 2 heterocycles. The third-order valence-electron chi connectivity index (χ3n) is 11.2. The van der Waals surface area contributed by atoms with Gasteiger partial charge in [-0.1, -0.05) is 129 Å². The van der Waals surface area contributed by atoms with Gasteiger partial charge in [-0.3, -0.25) is 18.6 Å². The van der Waals surface area contributed by atoms with E-state index in [9.17, 15) is 19.0 Å². The minimum absolute atomic E-state index is 0.0174. The van der Waals surface area contributed by atoms with Crippen LogP contribution in [0.5, 0.6) is 0 Å². The molecule has 58 heavy (non-hydrogen) atoms. The van der Waals surface area contributed by atoms with Crippen LogP contribution in [0.4, 0.5) is 0 Å². The predicted octanol–water partition coefficient (Wildman–Crippen LogP) is 12.3. The van der Waals surface area contributed by atoms with Gasteiger partial charge >= 0.3 is 19.8 Å². The van der Waals surface area contributed by atoms with Crippen LogP contribution >= 0.6 is 7.82 Å². The van der Waals surface area contributed by atoms with Gasteiger partial charge in [0, 0.05) is 12.8 Å². The third kappa shape index (κ3) is 28.6. The molecule has 0 aromatic carbocycles. The second kappa shape index (κ2) is 30.3. The normalized spacial score (nSPS) is 16.6. The Hall–Kier alpha value is -1.79. The zero-order valence-electron chi connectivity index (χ0n) is 37.6. The molecule has 14 heteroatoms. The molecule has 338 valence electrons. The molecule has 2 aliphatic rings. The van der Waals surface area contributed by atoms with Gasteiger partial charge in [0.25, 0.3) is 0 Å². The lowest BCUT2D eigenvalue weighted by Gasteiger charge is -2.24. The van der Waals surface area contributed by atoms with E-state index in [2.05, 4.69) is 34.3 Å². The fourth-order valence-corrected chi connectivity index (χ4v) is 7.92. The SMILES string of the molecule is CCCCCCCCCCCCCCCCCC(=O)OCC(COP(=O)(O)OCC[N+](C)(C)C)OC(=O)CCCCC1(CCCCCCCC2(CCCC)N=N2)N=N1. The van der Waals surface area contributed by atoms with E-state index in [1.165, 1.54) is 109 Å². The zero-order valence-corrected chi connectivity index (χ0v) is 38.5. The number of carbonyl (C=O) groups excluding carboxylic acids is 2. The number of rotatable bonds is 42. The second-order valence-electron chi connectivity index (χ2n) is 18.0. The first-order valence-electron chi connectivity index (χ1n) is 23.5. The quantitative estimate of drug-likeness (QED) is 0.0275. The van der Waals surface area contributed by atoms with E-state index >= 15 is 0 Å². The van der Waals surface area contributed by atoms with Gasteiger partial charge in [-0.15, -0.1) is 0 Å². The largest absolute Gasteiger partial charge is 0.472 e. The molecular weight excluding hydrogens is 757 g/mol. The topological polar surface area (TPSA) is 158 Å². The Bertz CT molecular complexity index is 1200. The van der Waals surface area contributed by atoms with Gasteiger partial charge in [0.05, 0.1) is 27.7 Å². The van der Waals surface area contributed by atoms with Gasteiger partial charge in [0.15, 0.2) is 17.4 Å². The molecule has 0 saturated carbocycles. The average molecular weight is 843 g/mol. The van der Waals surface area contributed by atoms with Gasteiger partial charge in [-0.25, -0.2) is 4.57 Å². The number of nitrogens with zero attached hydrogens (tertiary/aromatic N) is 5. The summed E-state index contributed by atoms with van der Waals surface area (Å²) in [7, 11) is 1.43. The summed E-state index contributed by atoms with van der Waals surface area (Å²) in [6.07, 6.45) is 31.6. The molecule has 0 aliphatic carbocycles. The van der Waals surface area contributed by atoms with Crippen molar-refractivity contribution in [2.75, 3.05) is 47.5 Å². The van der Waals surface area contributed by atoms with Gasteiger partial charge in [0.1, 0.15) is 19.8 Å². The van der Waals surface area contributed by atoms with Crippen molar-refractivity contribution >= 4 is 19.8 Å². The zero-order chi connectivity index (χ0) is 42.4. The molecular formula is C44H85N5O8P+. The van der Waals surface area contributed by atoms with Crippen molar-refractivity contribution in [1.29, 1.82) is 0 Å². The predicted molar refractivity (Wildman–Crippen MR) is 230 cm³/mol. The van der Waals surface area contributed by atoms with Crippen molar-refractivity contribution in [2.24, 2.45) is 20.5 Å². The second-order valence-corrected chi connectivity index (χ2v) is 19.5. The van der Waals surface area contributed by atoms with E-state index in [1.54, 1.807) is 0 Å². The van der Waals surface area contributed by atoms with Crippen LogP contribution in [0.1, 0.15) is 206 Å². The number of hydrogen-bond acceptors (Lipinski definition) is 11. The summed E-state index contributed by atoms with van der Waals surface area (Å²) in [5, 5.41) is 17.3. The van der Waals surface area contributed by atoms with E-state index in [-0.39, 0.29) is 43.4 Å². The summed E-state index contributed by atoms with van der Waals surface area (Å²) in [5.41, 5.74) is -0.347. The van der Waals surface area contributed by atoms with Crippen LogP contribution in [0.2, 0.25) is 0 Å². The molecule has 1 N–H and O–H groups in total. The van der Waals surface area contributed by atoms with Crippen molar-refractivity contribution in [2.45, 2.75) is 224 Å². The number of carbonyl (C=O) groups is 2. The van der Waals surface area contributed by atoms with Crippen LogP contribution in [-0.2, 0) is 32.7 Å². The number of phosphoric acid groups is 1. The lowest BCUT2D eigenvalue weighted by Crippen LogP contribution is -2.37. The summed E-state index contributed by atoms with van der Waals surface area (Å²) in [4.78, 5) is 35.6. The first-order chi connectivity index (χ1) is 27.8. The van der Waals surface area contributed by atoms with Crippen LogP contribution in [0, 0.1) is 0 Å². The number of phosphoric ester groups is 1. The lowest BCUT2D eigenvalue weighted by atomic mass is 9.96. The highest BCUT2D eigenvalue weighted by atomic mass is 31.2. The highest BCUT2D eigenvalue weighted by Gasteiger charge is 2.39. The minimum atomic E-state index is -4.40. The maximum Gasteiger partial charge on any atom is 0.472 e. The first-order valence-corrected chi connectivity index (χ1v) is 25.0. The fraction of sp³-hybridized carbons (Fsp3) is 0.955. The lowest BCUT2D eigenvalue weighted by molar-refractivity contribution is -0.870. The van der Waals surface area contributed by atoms with Crippen LogP contribution < -0.4 is 0 Å². The van der Waals surface area contributed by atoms with Gasteiger partial charge in [-0.05, 0) is 64.2 Å². The van der Waals surface area contributed by atoms with E-state index in [0.717, 1.165) is 64.2 Å². The third-order valence-corrected chi connectivity index (χ3v) is 12.2. The minimum Gasteiger partial charge on any atom is -0.462 e. The molecule has 2 atom stereocenters. The monoisotopic (exact) mass is 843 g/mol. The molecule has 13 nitrogen and oxygen atoms in total. The van der Waals surface area contributed by atoms with Crippen LogP contribution in [0.25, 0.3) is 0 Å². The molecule has 0 aromatic heterocycles. The molecule has 0 aromatic rings. The van der Waals surface area contributed by atoms with Gasteiger partial charge in [0.2, 0.25) is 0 Å². The molecule has 2 rings (SSSR count). The van der Waals surface area contributed by atoms with Crippen molar-refractivity contribution in [3.8, 4) is 0 Å². The first kappa shape index (κ1) is 52.3. The summed E-state index contributed by atoms with van der Waals surface area (Å²) < 4.78 is 34.5. The number of unbranched alkanes of at least 4 members (excludes halogenated alkanes) is 20. The maximum absolute atomic E-state index is 12.8. The van der Waals surface area contributed by atoms with Crippen molar-refractivity contribution in [1.82, 2.24) is 0 Å². The smallest absolute Gasteiger partial charge is 0.462 e. The standard InChI is InChI=1S/C44H84N5O8P/c1-6-8-10-11-12-13-14-15-16-17-18-19-20-22-25-30-41(50)54-38-40(39-56-58(52,53)55-37-36-49(3,4)5)57-42(51)31-26-29-35-44(47-48-44)34-28-24-21-23-27-33-43(45-46-43)32-9-7-2/h40H,6-39H2,1-5H3/p+1. The maximum atomic E-state index is 12.8. The molecule has 0 amide bonds. The number of likely N-dealkylation sites (N-methyl/N-ethyl adjacent to an activating group) is 1. The highest BCUT2D eigenvalue weighted by molar-refractivity contribution is 7.47. The molecule has 0 radical (unpaired) electrons. The Labute approximate surface area is 352 Å². The molecule has 2 aliphatic heterocycles. The van der Waals surface area contributed by atoms with E-state index in [0.29, 0.717) is 17.4 Å². The van der Waals surface area contributed by atoms with Crippen molar-refractivity contribution in [3.05, 3.63) is 0 Å². The summed E-state index contributed by atoms with van der Waals surface area (Å²) in [6.45, 7) is 4.30. The fourth-order valence-electron chi connectivity index (χ4n) is 7.18. The van der Waals surface area contributed by atoms with Crippen LogP contribution in [0.15, 0.2) is 20.5 Å². The Morgan fingerprint density at radius 2 is 0.948 bits per heavy atom. The summed E-state index contributed by atoms with van der Waals surface area (Å²) in [6, 6.07) is 0. The number of quaternary nitrogens is 1. The highest BCUT2D eigenvalue weighted by Crippen LogP contribution is 2.43. The average Bonchev–Trinajstić information content (AvgIpc) is 4.12. The number of ether oxygens (including phenoxy) is 2. The molecule has 0 spiro atoms. The van der Waals surface area contributed by atoms with Gasteiger partial charge < -0.3 is 18.9 Å². The van der Waals surface area contributed by atoms with E-state index < -0.39 is 26.5 Å². The molecule has 0 fully saturated rings. The van der Waals surface area contributed by atoms with Crippen LogP contribution in [0.3, 0.4) is 0 Å². The summed E-state index contributed by atoms with van der Waals surface area (Å²) >= 11 is 0. The number of esters is 2. The van der Waals surface area contributed by atoms with Crippen LogP contribution in [-0.4, -0.2) is 86.3 Å². The molecule has 2 unspecified atom stereocenters. The Morgan fingerprint density at radius 1 is 0.552 bits per heavy atom. The Morgan fingerprint density at radius 3 is 1.41 bits per heavy atom. The van der Waals surface area contributed by atoms with E-state index in [1.807, 2.05) is 21.1 Å².